The van der Waals surface area contributed by atoms with E-state index in [1.165, 1.54) is 0 Å². The van der Waals surface area contributed by atoms with Crippen LogP contribution in [0.2, 0.25) is 5.02 Å². The van der Waals surface area contributed by atoms with Crippen LogP contribution in [0.5, 0.6) is 0 Å². The predicted octanol–water partition coefficient (Wildman–Crippen LogP) is 5.14. The van der Waals surface area contributed by atoms with Crippen molar-refractivity contribution in [3.63, 3.8) is 0 Å². The van der Waals surface area contributed by atoms with Crippen molar-refractivity contribution in [2.45, 2.75) is 45.1 Å². The maximum atomic E-state index is 12.7. The molecule has 0 atom stereocenters. The molecule has 168 valence electrons. The van der Waals surface area contributed by atoms with Crippen molar-refractivity contribution < 1.29 is 14.7 Å². The molecule has 1 aliphatic heterocycles. The molecule has 1 aromatic heterocycles. The number of pyridine rings is 1. The number of carbonyl (C=O) groups excluding carboxylic acids is 1. The third kappa shape index (κ3) is 3.84. The first-order valence-corrected chi connectivity index (χ1v) is 12.2. The highest BCUT2D eigenvalue weighted by atomic mass is 79.9. The van der Waals surface area contributed by atoms with Gasteiger partial charge in [-0.2, -0.15) is 0 Å². The Kier molecular flexibility index (Phi) is 5.55. The van der Waals surface area contributed by atoms with Gasteiger partial charge in [0, 0.05) is 30.3 Å². The number of fused-ring (bicyclic) bond motifs is 3. The SMILES string of the molecule is O=C(Nc1cccc(Br)c1Cl)c1cc2c(cn1)CN(CC13CCC(C(=O)O)(CC1)C3)CC2. The predicted molar refractivity (Wildman–Crippen MR) is 126 cm³/mol. The molecular weight excluding hydrogens is 494 g/mol. The number of carbonyl (C=O) groups is 2. The van der Waals surface area contributed by atoms with Gasteiger partial charge in [-0.1, -0.05) is 17.7 Å². The minimum atomic E-state index is -0.611. The number of benzene rings is 1. The number of anilines is 1. The highest BCUT2D eigenvalue weighted by Crippen LogP contribution is 2.62. The Bertz CT molecular complexity index is 1100. The van der Waals surface area contributed by atoms with Crippen LogP contribution in [0, 0.1) is 10.8 Å². The fourth-order valence-corrected chi connectivity index (χ4v) is 6.39. The summed E-state index contributed by atoms with van der Waals surface area (Å²) in [6, 6.07) is 7.27. The van der Waals surface area contributed by atoms with Gasteiger partial charge in [-0.05, 0) is 89.2 Å². The first-order chi connectivity index (χ1) is 15.3. The van der Waals surface area contributed by atoms with Crippen molar-refractivity contribution in [1.82, 2.24) is 9.88 Å². The second kappa shape index (κ2) is 8.12. The lowest BCUT2D eigenvalue weighted by molar-refractivity contribution is -0.148. The molecular formula is C24H25BrClN3O3. The van der Waals surface area contributed by atoms with Crippen molar-refractivity contribution in [3.05, 3.63) is 56.8 Å². The normalized spacial score (nSPS) is 26.7. The number of aromatic nitrogens is 1. The van der Waals surface area contributed by atoms with Gasteiger partial charge in [0.1, 0.15) is 5.69 Å². The second-order valence-corrected chi connectivity index (χ2v) is 10.8. The summed E-state index contributed by atoms with van der Waals surface area (Å²) in [6.07, 6.45) is 7.13. The number of nitrogens with zero attached hydrogens (tertiary/aromatic N) is 2. The molecule has 1 amide bonds. The van der Waals surface area contributed by atoms with E-state index in [0.717, 1.165) is 73.8 Å². The van der Waals surface area contributed by atoms with E-state index in [0.29, 0.717) is 16.4 Å². The summed E-state index contributed by atoms with van der Waals surface area (Å²) in [5.74, 6) is -0.893. The zero-order valence-corrected chi connectivity index (χ0v) is 20.0. The van der Waals surface area contributed by atoms with E-state index in [4.69, 9.17) is 11.6 Å². The molecule has 0 radical (unpaired) electrons. The fourth-order valence-electron chi connectivity index (χ4n) is 5.85. The molecule has 0 saturated heterocycles. The number of nitrogens with one attached hydrogen (secondary N) is 1. The topological polar surface area (TPSA) is 82.5 Å². The fraction of sp³-hybridized carbons (Fsp3) is 0.458. The molecule has 1 aromatic carbocycles. The lowest BCUT2D eigenvalue weighted by Gasteiger charge is -2.36. The van der Waals surface area contributed by atoms with E-state index in [1.54, 1.807) is 12.3 Å². The number of carboxylic acids is 1. The Morgan fingerprint density at radius 2 is 2.00 bits per heavy atom. The zero-order valence-electron chi connectivity index (χ0n) is 17.7. The number of aliphatic carboxylic acids is 1. The van der Waals surface area contributed by atoms with E-state index >= 15 is 0 Å². The molecule has 2 saturated carbocycles. The van der Waals surface area contributed by atoms with Crippen LogP contribution in [0.3, 0.4) is 0 Å². The molecule has 3 aliphatic rings. The van der Waals surface area contributed by atoms with Gasteiger partial charge in [-0.15, -0.1) is 0 Å². The van der Waals surface area contributed by atoms with Crippen LogP contribution in [0.15, 0.2) is 34.9 Å². The molecule has 5 rings (SSSR count). The number of rotatable bonds is 5. The molecule has 6 nitrogen and oxygen atoms in total. The van der Waals surface area contributed by atoms with Gasteiger partial charge in [-0.25, -0.2) is 0 Å². The first kappa shape index (κ1) is 21.9. The van der Waals surface area contributed by atoms with Gasteiger partial charge in [0.05, 0.1) is 16.1 Å². The maximum Gasteiger partial charge on any atom is 0.309 e. The van der Waals surface area contributed by atoms with Crippen LogP contribution in [0.4, 0.5) is 5.69 Å². The van der Waals surface area contributed by atoms with Crippen molar-refractivity contribution >= 4 is 45.1 Å². The largest absolute Gasteiger partial charge is 0.481 e. The Hall–Kier alpha value is -1.96. The van der Waals surface area contributed by atoms with Gasteiger partial charge >= 0.3 is 5.97 Å². The monoisotopic (exact) mass is 517 g/mol. The van der Waals surface area contributed by atoms with Crippen LogP contribution < -0.4 is 5.32 Å². The first-order valence-electron chi connectivity index (χ1n) is 11.0. The second-order valence-electron chi connectivity index (χ2n) is 9.62. The summed E-state index contributed by atoms with van der Waals surface area (Å²) in [4.78, 5) is 31.3. The molecule has 8 heteroatoms. The van der Waals surface area contributed by atoms with Crippen LogP contribution in [-0.4, -0.2) is 40.0 Å². The molecule has 2 N–H and O–H groups in total. The maximum absolute atomic E-state index is 12.7. The summed E-state index contributed by atoms with van der Waals surface area (Å²) in [5.41, 5.74) is 2.88. The summed E-state index contributed by atoms with van der Waals surface area (Å²) in [5, 5.41) is 13.0. The average Bonchev–Trinajstić information content (AvgIpc) is 3.34. The number of hydrogen-bond donors (Lipinski definition) is 2. The molecule has 2 aromatic rings. The van der Waals surface area contributed by atoms with E-state index < -0.39 is 11.4 Å². The van der Waals surface area contributed by atoms with Crippen LogP contribution in [0.1, 0.15) is 53.7 Å². The summed E-state index contributed by atoms with van der Waals surface area (Å²) < 4.78 is 0.722. The molecule has 2 fully saturated rings. The third-order valence-corrected chi connectivity index (χ3v) is 8.90. The van der Waals surface area contributed by atoms with Gasteiger partial charge in [0.25, 0.3) is 5.91 Å². The summed E-state index contributed by atoms with van der Waals surface area (Å²) in [7, 11) is 0. The van der Waals surface area contributed by atoms with Crippen molar-refractivity contribution in [1.29, 1.82) is 0 Å². The molecule has 2 heterocycles. The lowest BCUT2D eigenvalue weighted by Crippen LogP contribution is -2.39. The van der Waals surface area contributed by atoms with Crippen LogP contribution in [0.25, 0.3) is 0 Å². The zero-order chi connectivity index (χ0) is 22.5. The Balaban J connectivity index is 1.25. The molecule has 0 unspecified atom stereocenters. The molecule has 0 spiro atoms. The van der Waals surface area contributed by atoms with Gasteiger partial charge in [0.2, 0.25) is 0 Å². The van der Waals surface area contributed by atoms with E-state index in [-0.39, 0.29) is 11.3 Å². The number of carboxylic acid groups (broad SMARTS) is 1. The van der Waals surface area contributed by atoms with Crippen LogP contribution >= 0.6 is 27.5 Å². The molecule has 2 aliphatic carbocycles. The molecule has 32 heavy (non-hydrogen) atoms. The van der Waals surface area contributed by atoms with Gasteiger partial charge < -0.3 is 10.4 Å². The number of amides is 1. The van der Waals surface area contributed by atoms with E-state index in [2.05, 4.69) is 31.1 Å². The minimum absolute atomic E-state index is 0.145. The Morgan fingerprint density at radius 1 is 1.22 bits per heavy atom. The molecule has 2 bridgehead atoms. The number of hydrogen-bond acceptors (Lipinski definition) is 4. The lowest BCUT2D eigenvalue weighted by atomic mass is 9.81. The van der Waals surface area contributed by atoms with Crippen molar-refractivity contribution in [3.8, 4) is 0 Å². The highest BCUT2D eigenvalue weighted by molar-refractivity contribution is 9.10. The summed E-state index contributed by atoms with van der Waals surface area (Å²) >= 11 is 9.63. The van der Waals surface area contributed by atoms with Crippen molar-refractivity contribution in [2.75, 3.05) is 18.4 Å². The quantitative estimate of drug-likeness (QED) is 0.572. The third-order valence-electron chi connectivity index (χ3n) is 7.60. The van der Waals surface area contributed by atoms with Gasteiger partial charge in [0.15, 0.2) is 0 Å². The van der Waals surface area contributed by atoms with E-state index in [1.807, 2.05) is 18.2 Å². The summed E-state index contributed by atoms with van der Waals surface area (Å²) in [6.45, 7) is 2.66. The average molecular weight is 519 g/mol. The minimum Gasteiger partial charge on any atom is -0.481 e. The standard InChI is InChI=1S/C24H25BrClN3O3/c25-17-2-1-3-18(20(17)26)28-21(30)19-10-15-4-9-29(12-16(15)11-27-19)14-23-5-7-24(13-23,8-6-23)22(31)32/h1-3,10-11H,4-9,12-14H2,(H,28,30)(H,31,32). The Labute approximate surface area is 200 Å². The van der Waals surface area contributed by atoms with E-state index in [9.17, 15) is 14.7 Å². The number of halogens is 2. The smallest absolute Gasteiger partial charge is 0.309 e. The van der Waals surface area contributed by atoms with Crippen LogP contribution in [-0.2, 0) is 17.8 Å². The van der Waals surface area contributed by atoms with Crippen molar-refractivity contribution in [2.24, 2.45) is 10.8 Å². The highest BCUT2D eigenvalue weighted by Gasteiger charge is 2.58. The Morgan fingerprint density at radius 3 is 2.72 bits per heavy atom. The van der Waals surface area contributed by atoms with Gasteiger partial charge in [-0.3, -0.25) is 19.5 Å².